The lowest BCUT2D eigenvalue weighted by molar-refractivity contribution is 0.219. The molecule has 1 saturated heterocycles. The highest BCUT2D eigenvalue weighted by Crippen LogP contribution is 2.24. The number of aromatic nitrogens is 1. The average molecular weight is 298 g/mol. The van der Waals surface area contributed by atoms with E-state index >= 15 is 0 Å². The third kappa shape index (κ3) is 3.84. The van der Waals surface area contributed by atoms with Gasteiger partial charge in [0.25, 0.3) is 0 Å². The molecule has 1 aliphatic heterocycles. The quantitative estimate of drug-likeness (QED) is 0.890. The largest absolute Gasteiger partial charge is 0.489 e. The zero-order valence-corrected chi connectivity index (χ0v) is 12.7. The van der Waals surface area contributed by atoms with Crippen LogP contribution in [0.2, 0.25) is 0 Å². The normalized spacial score (nSPS) is 18.5. The Morgan fingerprint density at radius 1 is 1.23 bits per heavy atom. The standard InChI is InChI=1S/C18H22N2O2/c21-13-16-7-9-20(11-16)12-17-5-1-2-6-18(17)22-14-15-4-3-8-19-10-15/h1-6,8,10,16,21H,7,9,11-14H2. The Balaban J connectivity index is 1.63. The lowest BCUT2D eigenvalue weighted by Gasteiger charge is -2.18. The molecule has 0 spiro atoms. The Bertz CT molecular complexity index is 589. The summed E-state index contributed by atoms with van der Waals surface area (Å²) in [6.07, 6.45) is 4.67. The monoisotopic (exact) mass is 298 g/mol. The Hall–Kier alpha value is -1.91. The van der Waals surface area contributed by atoms with E-state index in [4.69, 9.17) is 4.74 Å². The molecule has 0 bridgehead atoms. The summed E-state index contributed by atoms with van der Waals surface area (Å²) in [5.41, 5.74) is 2.27. The molecule has 1 fully saturated rings. The highest BCUT2D eigenvalue weighted by Gasteiger charge is 2.22. The Kier molecular flexibility index (Phi) is 5.03. The summed E-state index contributed by atoms with van der Waals surface area (Å²) >= 11 is 0. The molecule has 0 amide bonds. The maximum atomic E-state index is 9.26. The zero-order valence-electron chi connectivity index (χ0n) is 12.7. The molecule has 116 valence electrons. The van der Waals surface area contributed by atoms with E-state index in [1.807, 2.05) is 36.5 Å². The highest BCUT2D eigenvalue weighted by molar-refractivity contribution is 5.33. The van der Waals surface area contributed by atoms with Crippen LogP contribution >= 0.6 is 0 Å². The molecule has 1 aromatic carbocycles. The number of hydrogen-bond donors (Lipinski definition) is 1. The Morgan fingerprint density at radius 3 is 2.91 bits per heavy atom. The number of hydrogen-bond acceptors (Lipinski definition) is 4. The van der Waals surface area contributed by atoms with Crippen molar-refractivity contribution in [3.05, 3.63) is 59.9 Å². The molecule has 2 heterocycles. The maximum Gasteiger partial charge on any atom is 0.124 e. The van der Waals surface area contributed by atoms with Crippen molar-refractivity contribution in [3.8, 4) is 5.75 Å². The van der Waals surface area contributed by atoms with Crippen LogP contribution in [0.5, 0.6) is 5.75 Å². The fourth-order valence-corrected chi connectivity index (χ4v) is 2.87. The molecule has 0 saturated carbocycles. The van der Waals surface area contributed by atoms with Gasteiger partial charge >= 0.3 is 0 Å². The molecule has 1 aromatic heterocycles. The van der Waals surface area contributed by atoms with Gasteiger partial charge in [-0.3, -0.25) is 9.88 Å². The van der Waals surface area contributed by atoms with Gasteiger partial charge in [-0.25, -0.2) is 0 Å². The first-order valence-electron chi connectivity index (χ1n) is 7.78. The van der Waals surface area contributed by atoms with E-state index in [1.165, 1.54) is 5.56 Å². The first-order valence-corrected chi connectivity index (χ1v) is 7.78. The van der Waals surface area contributed by atoms with Crippen molar-refractivity contribution in [1.82, 2.24) is 9.88 Å². The minimum atomic E-state index is 0.287. The fraction of sp³-hybridized carbons (Fsp3) is 0.389. The number of ether oxygens (including phenoxy) is 1. The predicted octanol–water partition coefficient (Wildman–Crippen LogP) is 2.47. The summed E-state index contributed by atoms with van der Waals surface area (Å²) in [5.74, 6) is 1.35. The summed E-state index contributed by atoms with van der Waals surface area (Å²) in [5, 5.41) is 9.26. The number of pyridine rings is 1. The van der Waals surface area contributed by atoms with Gasteiger partial charge in [-0.05, 0) is 31.0 Å². The van der Waals surface area contributed by atoms with Crippen molar-refractivity contribution in [2.45, 2.75) is 19.6 Å². The molecular formula is C18H22N2O2. The number of para-hydroxylation sites is 1. The second-order valence-corrected chi connectivity index (χ2v) is 5.83. The average Bonchev–Trinajstić information content (AvgIpc) is 3.03. The number of aliphatic hydroxyl groups excluding tert-OH is 1. The summed E-state index contributed by atoms with van der Waals surface area (Å²) in [4.78, 5) is 6.49. The van der Waals surface area contributed by atoms with Crippen molar-refractivity contribution < 1.29 is 9.84 Å². The van der Waals surface area contributed by atoms with Gasteiger partial charge in [-0.2, -0.15) is 0 Å². The highest BCUT2D eigenvalue weighted by atomic mass is 16.5. The second kappa shape index (κ2) is 7.38. The van der Waals surface area contributed by atoms with E-state index in [0.29, 0.717) is 12.5 Å². The lowest BCUT2D eigenvalue weighted by atomic mass is 10.1. The van der Waals surface area contributed by atoms with E-state index in [1.54, 1.807) is 6.20 Å². The smallest absolute Gasteiger partial charge is 0.124 e. The van der Waals surface area contributed by atoms with E-state index < -0.39 is 0 Å². The summed E-state index contributed by atoms with van der Waals surface area (Å²) in [7, 11) is 0. The molecule has 4 nitrogen and oxygen atoms in total. The van der Waals surface area contributed by atoms with Crippen molar-refractivity contribution in [2.24, 2.45) is 5.92 Å². The van der Waals surface area contributed by atoms with Crippen LogP contribution in [0.1, 0.15) is 17.5 Å². The first kappa shape index (κ1) is 15.0. The van der Waals surface area contributed by atoms with Crippen LogP contribution in [0.25, 0.3) is 0 Å². The molecule has 0 aliphatic carbocycles. The number of benzene rings is 1. The first-order chi connectivity index (χ1) is 10.8. The Morgan fingerprint density at radius 2 is 2.14 bits per heavy atom. The summed E-state index contributed by atoms with van der Waals surface area (Å²) < 4.78 is 5.97. The van der Waals surface area contributed by atoms with Crippen molar-refractivity contribution in [1.29, 1.82) is 0 Å². The van der Waals surface area contributed by atoms with Crippen LogP contribution in [0.4, 0.5) is 0 Å². The van der Waals surface area contributed by atoms with E-state index in [2.05, 4.69) is 16.0 Å². The van der Waals surface area contributed by atoms with Gasteiger partial charge in [0.2, 0.25) is 0 Å². The predicted molar refractivity (Wildman–Crippen MR) is 85.5 cm³/mol. The van der Waals surface area contributed by atoms with Gasteiger partial charge in [0, 0.05) is 43.2 Å². The molecule has 2 aromatic rings. The minimum absolute atomic E-state index is 0.287. The van der Waals surface area contributed by atoms with Crippen LogP contribution < -0.4 is 4.74 Å². The van der Waals surface area contributed by atoms with Crippen molar-refractivity contribution >= 4 is 0 Å². The number of aliphatic hydroxyl groups is 1. The van der Waals surface area contributed by atoms with Crippen LogP contribution in [0, 0.1) is 5.92 Å². The zero-order chi connectivity index (χ0) is 15.2. The van der Waals surface area contributed by atoms with E-state index in [9.17, 15) is 5.11 Å². The summed E-state index contributed by atoms with van der Waals surface area (Å²) in [6, 6.07) is 12.1. The number of rotatable bonds is 6. The van der Waals surface area contributed by atoms with E-state index in [-0.39, 0.29) is 6.61 Å². The van der Waals surface area contributed by atoms with Crippen molar-refractivity contribution in [3.63, 3.8) is 0 Å². The van der Waals surface area contributed by atoms with Gasteiger partial charge in [-0.1, -0.05) is 24.3 Å². The lowest BCUT2D eigenvalue weighted by Crippen LogP contribution is -2.21. The van der Waals surface area contributed by atoms with Crippen molar-refractivity contribution in [2.75, 3.05) is 19.7 Å². The molecule has 0 radical (unpaired) electrons. The maximum absolute atomic E-state index is 9.26. The SMILES string of the molecule is OCC1CCN(Cc2ccccc2OCc2cccnc2)C1. The number of nitrogens with zero attached hydrogens (tertiary/aromatic N) is 2. The van der Waals surface area contributed by atoms with Gasteiger partial charge in [0.1, 0.15) is 12.4 Å². The van der Waals surface area contributed by atoms with Gasteiger partial charge in [0.15, 0.2) is 0 Å². The second-order valence-electron chi connectivity index (χ2n) is 5.83. The minimum Gasteiger partial charge on any atom is -0.489 e. The van der Waals surface area contributed by atoms with Crippen LogP contribution in [-0.4, -0.2) is 34.7 Å². The molecule has 1 N–H and O–H groups in total. The molecule has 4 heteroatoms. The summed E-state index contributed by atoms with van der Waals surface area (Å²) in [6.45, 7) is 3.70. The van der Waals surface area contributed by atoms with Gasteiger partial charge < -0.3 is 9.84 Å². The Labute approximate surface area is 131 Å². The van der Waals surface area contributed by atoms with Gasteiger partial charge in [-0.15, -0.1) is 0 Å². The third-order valence-corrected chi connectivity index (χ3v) is 4.11. The molecule has 1 aliphatic rings. The molecule has 1 unspecified atom stereocenters. The number of likely N-dealkylation sites (tertiary alicyclic amines) is 1. The topological polar surface area (TPSA) is 45.6 Å². The van der Waals surface area contributed by atoms with E-state index in [0.717, 1.165) is 37.4 Å². The molecule has 3 rings (SSSR count). The third-order valence-electron chi connectivity index (χ3n) is 4.11. The van der Waals surface area contributed by atoms with Crippen LogP contribution in [-0.2, 0) is 13.2 Å². The van der Waals surface area contributed by atoms with Crippen LogP contribution in [0.3, 0.4) is 0 Å². The van der Waals surface area contributed by atoms with Gasteiger partial charge in [0.05, 0.1) is 0 Å². The molecular weight excluding hydrogens is 276 g/mol. The fourth-order valence-electron chi connectivity index (χ4n) is 2.87. The molecule has 22 heavy (non-hydrogen) atoms. The molecule has 1 atom stereocenters. The van der Waals surface area contributed by atoms with Crippen LogP contribution in [0.15, 0.2) is 48.8 Å².